The molecule has 0 aliphatic carbocycles. The van der Waals surface area contributed by atoms with Crippen molar-refractivity contribution in [1.82, 2.24) is 30.0 Å². The first-order valence-electron chi connectivity index (χ1n) is 10.5. The van der Waals surface area contributed by atoms with Crippen LogP contribution in [0.4, 0.5) is 0 Å². The van der Waals surface area contributed by atoms with E-state index >= 15 is 0 Å². The Hall–Kier alpha value is -3.55. The zero-order valence-electron chi connectivity index (χ0n) is 17.5. The summed E-state index contributed by atoms with van der Waals surface area (Å²) in [5, 5.41) is 7.22. The lowest BCUT2D eigenvalue weighted by Gasteiger charge is -2.37. The van der Waals surface area contributed by atoms with Crippen molar-refractivity contribution in [3.8, 4) is 0 Å². The molecule has 8 heteroatoms. The SMILES string of the molecule is Cc1ccccc1C(=O)N[C@H](c1ccccn1)[C@H]1CCCN(C(=O)Cn2cncn2)C1. The second-order valence-corrected chi connectivity index (χ2v) is 7.86. The first kappa shape index (κ1) is 20.7. The predicted octanol–water partition coefficient (Wildman–Crippen LogP) is 2.39. The molecule has 1 N–H and O–H groups in total. The predicted molar refractivity (Wildman–Crippen MR) is 115 cm³/mol. The van der Waals surface area contributed by atoms with Crippen molar-refractivity contribution < 1.29 is 9.59 Å². The third kappa shape index (κ3) is 4.96. The van der Waals surface area contributed by atoms with Gasteiger partial charge in [-0.2, -0.15) is 5.10 Å². The molecule has 4 rings (SSSR count). The molecule has 2 aromatic heterocycles. The smallest absolute Gasteiger partial charge is 0.252 e. The van der Waals surface area contributed by atoms with Crippen LogP contribution >= 0.6 is 0 Å². The van der Waals surface area contributed by atoms with Crippen LogP contribution < -0.4 is 5.32 Å². The lowest BCUT2D eigenvalue weighted by molar-refractivity contribution is -0.134. The molecule has 0 bridgehead atoms. The lowest BCUT2D eigenvalue weighted by atomic mass is 9.88. The number of nitrogens with zero attached hydrogens (tertiary/aromatic N) is 5. The van der Waals surface area contributed by atoms with Crippen molar-refractivity contribution in [2.45, 2.75) is 32.4 Å². The number of benzene rings is 1. The summed E-state index contributed by atoms with van der Waals surface area (Å²) in [4.78, 5) is 36.1. The Bertz CT molecular complexity index is 1020. The average molecular weight is 419 g/mol. The van der Waals surface area contributed by atoms with Crippen molar-refractivity contribution >= 4 is 11.8 Å². The zero-order chi connectivity index (χ0) is 21.6. The van der Waals surface area contributed by atoms with Gasteiger partial charge >= 0.3 is 0 Å². The van der Waals surface area contributed by atoms with Crippen molar-refractivity contribution in [2.24, 2.45) is 5.92 Å². The minimum atomic E-state index is -0.282. The van der Waals surface area contributed by atoms with E-state index in [0.29, 0.717) is 18.7 Å². The highest BCUT2D eigenvalue weighted by atomic mass is 16.2. The molecule has 2 atom stereocenters. The highest BCUT2D eigenvalue weighted by Gasteiger charge is 2.32. The number of nitrogens with one attached hydrogen (secondary N) is 1. The van der Waals surface area contributed by atoms with Crippen molar-refractivity contribution in [3.63, 3.8) is 0 Å². The van der Waals surface area contributed by atoms with E-state index in [1.807, 2.05) is 54.3 Å². The van der Waals surface area contributed by atoms with Gasteiger partial charge in [-0.15, -0.1) is 0 Å². The summed E-state index contributed by atoms with van der Waals surface area (Å²) in [7, 11) is 0. The molecule has 0 radical (unpaired) electrons. The Morgan fingerprint density at radius 1 is 1.19 bits per heavy atom. The summed E-state index contributed by atoms with van der Waals surface area (Å²) in [5.74, 6) is -0.0589. The molecule has 160 valence electrons. The van der Waals surface area contributed by atoms with Gasteiger partial charge in [0, 0.05) is 30.8 Å². The Morgan fingerprint density at radius 2 is 2.03 bits per heavy atom. The first-order chi connectivity index (χ1) is 15.1. The molecule has 0 saturated carbocycles. The van der Waals surface area contributed by atoms with Crippen molar-refractivity contribution in [3.05, 3.63) is 78.1 Å². The normalized spacial score (nSPS) is 17.2. The van der Waals surface area contributed by atoms with Gasteiger partial charge in [0.2, 0.25) is 5.91 Å². The first-order valence-corrected chi connectivity index (χ1v) is 10.5. The van der Waals surface area contributed by atoms with Gasteiger partial charge in [-0.05, 0) is 43.5 Å². The fourth-order valence-corrected chi connectivity index (χ4v) is 4.10. The summed E-state index contributed by atoms with van der Waals surface area (Å²) in [5.41, 5.74) is 2.38. The Labute approximate surface area is 181 Å². The van der Waals surface area contributed by atoms with E-state index in [0.717, 1.165) is 24.1 Å². The Kier molecular flexibility index (Phi) is 6.35. The fraction of sp³-hybridized carbons (Fsp3) is 0.348. The number of aromatic nitrogens is 4. The lowest BCUT2D eigenvalue weighted by Crippen LogP contribution is -2.46. The molecule has 0 unspecified atom stereocenters. The molecule has 1 fully saturated rings. The van der Waals surface area contributed by atoms with E-state index < -0.39 is 0 Å². The molecule has 1 saturated heterocycles. The van der Waals surface area contributed by atoms with Crippen LogP contribution in [0.25, 0.3) is 0 Å². The molecule has 2 amide bonds. The van der Waals surface area contributed by atoms with Gasteiger partial charge in [-0.3, -0.25) is 14.6 Å². The van der Waals surface area contributed by atoms with E-state index in [2.05, 4.69) is 20.4 Å². The molecule has 0 spiro atoms. The van der Waals surface area contributed by atoms with E-state index in [-0.39, 0.29) is 30.3 Å². The summed E-state index contributed by atoms with van der Waals surface area (Å²) in [6.07, 6.45) is 6.47. The molecule has 1 aromatic carbocycles. The number of hydrogen-bond donors (Lipinski definition) is 1. The van der Waals surface area contributed by atoms with Crippen LogP contribution in [0, 0.1) is 12.8 Å². The van der Waals surface area contributed by atoms with Crippen LogP contribution in [0.2, 0.25) is 0 Å². The van der Waals surface area contributed by atoms with Crippen LogP contribution in [-0.2, 0) is 11.3 Å². The number of amides is 2. The molecular formula is C23H26N6O2. The maximum Gasteiger partial charge on any atom is 0.252 e. The van der Waals surface area contributed by atoms with Crippen LogP contribution in [0.5, 0.6) is 0 Å². The maximum absolute atomic E-state index is 13.1. The monoisotopic (exact) mass is 418 g/mol. The molecule has 3 heterocycles. The summed E-state index contributed by atoms with van der Waals surface area (Å²) >= 11 is 0. The van der Waals surface area contributed by atoms with Crippen LogP contribution in [-0.4, -0.2) is 49.6 Å². The minimum absolute atomic E-state index is 0.000186. The topological polar surface area (TPSA) is 93.0 Å². The third-order valence-corrected chi connectivity index (χ3v) is 5.73. The zero-order valence-corrected chi connectivity index (χ0v) is 17.5. The van der Waals surface area contributed by atoms with Crippen LogP contribution in [0.15, 0.2) is 61.3 Å². The minimum Gasteiger partial charge on any atom is -0.343 e. The molecule has 8 nitrogen and oxygen atoms in total. The number of pyridine rings is 1. The van der Waals surface area contributed by atoms with Gasteiger partial charge in [-0.25, -0.2) is 9.67 Å². The quantitative estimate of drug-likeness (QED) is 0.664. The van der Waals surface area contributed by atoms with Crippen LogP contribution in [0.3, 0.4) is 0 Å². The van der Waals surface area contributed by atoms with E-state index in [1.165, 1.54) is 11.0 Å². The molecule has 1 aliphatic heterocycles. The Balaban J connectivity index is 1.53. The third-order valence-electron chi connectivity index (χ3n) is 5.73. The number of rotatable bonds is 6. The number of hydrogen-bond acceptors (Lipinski definition) is 5. The van der Waals surface area contributed by atoms with Crippen molar-refractivity contribution in [1.29, 1.82) is 0 Å². The van der Waals surface area contributed by atoms with Gasteiger partial charge in [0.25, 0.3) is 5.91 Å². The molecule has 1 aliphatic rings. The van der Waals surface area contributed by atoms with Gasteiger partial charge in [0.05, 0.1) is 11.7 Å². The average Bonchev–Trinajstić information content (AvgIpc) is 3.31. The summed E-state index contributed by atoms with van der Waals surface area (Å²) < 4.78 is 1.53. The highest BCUT2D eigenvalue weighted by Crippen LogP contribution is 2.29. The van der Waals surface area contributed by atoms with E-state index in [9.17, 15) is 9.59 Å². The highest BCUT2D eigenvalue weighted by molar-refractivity contribution is 5.95. The number of carbonyl (C=O) groups is 2. The number of aryl methyl sites for hydroxylation is 1. The number of carbonyl (C=O) groups excluding carboxylic acids is 2. The van der Waals surface area contributed by atoms with E-state index in [1.54, 1.807) is 12.5 Å². The second kappa shape index (κ2) is 9.51. The fourth-order valence-electron chi connectivity index (χ4n) is 4.10. The summed E-state index contributed by atoms with van der Waals surface area (Å²) in [6.45, 7) is 3.35. The van der Waals surface area contributed by atoms with Crippen molar-refractivity contribution in [2.75, 3.05) is 13.1 Å². The molecule has 3 aromatic rings. The standard InChI is InChI=1S/C23H26N6O2/c1-17-7-2-3-9-19(17)23(31)27-22(20-10-4-5-11-25-20)18-8-6-12-28(13-18)21(30)14-29-16-24-15-26-29/h2-5,7,9-11,15-16,18,22H,6,8,12-14H2,1H3,(H,27,31)/t18-,22-/m0/s1. The Morgan fingerprint density at radius 3 is 2.77 bits per heavy atom. The second-order valence-electron chi connectivity index (χ2n) is 7.86. The number of piperidine rings is 1. The molecular weight excluding hydrogens is 392 g/mol. The number of likely N-dealkylation sites (tertiary alicyclic amines) is 1. The van der Waals surface area contributed by atoms with Crippen LogP contribution in [0.1, 0.15) is 40.5 Å². The van der Waals surface area contributed by atoms with Gasteiger partial charge in [-0.1, -0.05) is 24.3 Å². The largest absolute Gasteiger partial charge is 0.343 e. The maximum atomic E-state index is 13.1. The van der Waals surface area contributed by atoms with Gasteiger partial charge < -0.3 is 10.2 Å². The van der Waals surface area contributed by atoms with Gasteiger partial charge in [0.15, 0.2) is 0 Å². The van der Waals surface area contributed by atoms with E-state index in [4.69, 9.17) is 0 Å². The summed E-state index contributed by atoms with van der Waals surface area (Å²) in [6, 6.07) is 13.0. The van der Waals surface area contributed by atoms with Gasteiger partial charge in [0.1, 0.15) is 19.2 Å². The molecule has 31 heavy (non-hydrogen) atoms.